The Hall–Kier alpha value is -2.87. The van der Waals surface area contributed by atoms with Crippen LogP contribution in [-0.4, -0.2) is 50.0 Å². The molecule has 2 rings (SSSR count). The molecule has 0 bridgehead atoms. The standard InChI is InChI=1S/C25H35N3O4S/c1-6-20(4)26-25(30)23(7-2)27(17-21-11-9-8-10-12-21)24(29)18-28(33(5,31)32)22-15-13-19(3)14-16-22/h8-16,20,23H,6-7,17-18H2,1-5H3,(H,26,30)/t20-,23+/m0/s1. The molecule has 0 aliphatic carbocycles. The van der Waals surface area contributed by atoms with Crippen molar-refractivity contribution >= 4 is 27.5 Å². The van der Waals surface area contributed by atoms with Gasteiger partial charge in [0.25, 0.3) is 0 Å². The molecule has 2 amide bonds. The van der Waals surface area contributed by atoms with Crippen molar-refractivity contribution in [3.8, 4) is 0 Å². The van der Waals surface area contributed by atoms with Crippen LogP contribution in [0.4, 0.5) is 5.69 Å². The number of carbonyl (C=O) groups excluding carboxylic acids is 2. The van der Waals surface area contributed by atoms with Crippen LogP contribution in [0, 0.1) is 6.92 Å². The summed E-state index contributed by atoms with van der Waals surface area (Å²) in [5.74, 6) is -0.673. The van der Waals surface area contributed by atoms with Crippen LogP contribution >= 0.6 is 0 Å². The van der Waals surface area contributed by atoms with E-state index in [2.05, 4.69) is 5.32 Å². The Morgan fingerprint density at radius 2 is 1.58 bits per heavy atom. The average molecular weight is 474 g/mol. The molecule has 8 heteroatoms. The van der Waals surface area contributed by atoms with Crippen molar-refractivity contribution in [2.24, 2.45) is 0 Å². The summed E-state index contributed by atoms with van der Waals surface area (Å²) in [5.41, 5.74) is 2.26. The molecule has 1 N–H and O–H groups in total. The maximum Gasteiger partial charge on any atom is 0.244 e. The zero-order chi connectivity index (χ0) is 24.6. The number of amides is 2. The van der Waals surface area contributed by atoms with E-state index in [-0.39, 0.29) is 25.0 Å². The van der Waals surface area contributed by atoms with Crippen LogP contribution < -0.4 is 9.62 Å². The highest BCUT2D eigenvalue weighted by molar-refractivity contribution is 7.92. The largest absolute Gasteiger partial charge is 0.352 e. The van der Waals surface area contributed by atoms with Gasteiger partial charge < -0.3 is 10.2 Å². The SMILES string of the molecule is CC[C@H](C(=O)N[C@@H](C)CC)N(Cc1ccccc1)C(=O)CN(c1ccc(C)cc1)S(C)(=O)=O. The summed E-state index contributed by atoms with van der Waals surface area (Å²) in [6, 6.07) is 15.6. The summed E-state index contributed by atoms with van der Waals surface area (Å²) in [7, 11) is -3.72. The van der Waals surface area contributed by atoms with Crippen LogP contribution in [0.5, 0.6) is 0 Å². The first-order valence-electron chi connectivity index (χ1n) is 11.2. The Labute approximate surface area is 197 Å². The van der Waals surface area contributed by atoms with Crippen LogP contribution in [-0.2, 0) is 26.2 Å². The Morgan fingerprint density at radius 1 is 0.970 bits per heavy atom. The molecular weight excluding hydrogens is 438 g/mol. The lowest BCUT2D eigenvalue weighted by Gasteiger charge is -2.33. The molecule has 0 fully saturated rings. The fourth-order valence-electron chi connectivity index (χ4n) is 3.47. The number of hydrogen-bond donors (Lipinski definition) is 1. The fourth-order valence-corrected chi connectivity index (χ4v) is 4.32. The van der Waals surface area contributed by atoms with Gasteiger partial charge in [-0.25, -0.2) is 8.42 Å². The van der Waals surface area contributed by atoms with Crippen molar-refractivity contribution in [1.29, 1.82) is 0 Å². The van der Waals surface area contributed by atoms with E-state index in [0.29, 0.717) is 12.1 Å². The second-order valence-electron chi connectivity index (χ2n) is 8.35. The summed E-state index contributed by atoms with van der Waals surface area (Å²) in [6.07, 6.45) is 2.25. The first-order chi connectivity index (χ1) is 15.6. The van der Waals surface area contributed by atoms with Crippen LogP contribution in [0.2, 0.25) is 0 Å². The van der Waals surface area contributed by atoms with E-state index in [9.17, 15) is 18.0 Å². The molecule has 0 spiro atoms. The van der Waals surface area contributed by atoms with E-state index in [1.165, 1.54) is 4.90 Å². The van der Waals surface area contributed by atoms with Crippen molar-refractivity contribution in [1.82, 2.24) is 10.2 Å². The van der Waals surface area contributed by atoms with Gasteiger partial charge in [-0.05, 0) is 44.4 Å². The summed E-state index contributed by atoms with van der Waals surface area (Å²) < 4.78 is 26.2. The van der Waals surface area contributed by atoms with E-state index >= 15 is 0 Å². The predicted molar refractivity (Wildman–Crippen MR) is 132 cm³/mol. The number of anilines is 1. The first-order valence-corrected chi connectivity index (χ1v) is 13.1. The Morgan fingerprint density at radius 3 is 2.09 bits per heavy atom. The van der Waals surface area contributed by atoms with Crippen LogP contribution in [0.3, 0.4) is 0 Å². The van der Waals surface area contributed by atoms with Crippen molar-refractivity contribution in [2.75, 3.05) is 17.1 Å². The minimum absolute atomic E-state index is 0.0275. The number of rotatable bonds is 11. The fraction of sp³-hybridized carbons (Fsp3) is 0.440. The zero-order valence-corrected chi connectivity index (χ0v) is 20.9. The third-order valence-corrected chi connectivity index (χ3v) is 6.72. The molecule has 2 aromatic rings. The van der Waals surface area contributed by atoms with Gasteiger partial charge in [-0.2, -0.15) is 0 Å². The molecule has 0 saturated heterocycles. The molecule has 0 radical (unpaired) electrons. The molecule has 0 aliphatic rings. The number of carbonyl (C=O) groups is 2. The van der Waals surface area contributed by atoms with Gasteiger partial charge in [0.05, 0.1) is 11.9 Å². The molecule has 33 heavy (non-hydrogen) atoms. The molecule has 2 aromatic carbocycles. The van der Waals surface area contributed by atoms with E-state index in [1.54, 1.807) is 24.3 Å². The van der Waals surface area contributed by atoms with Gasteiger partial charge in [0, 0.05) is 12.6 Å². The third kappa shape index (κ3) is 7.60. The molecule has 0 unspecified atom stereocenters. The molecule has 2 atom stereocenters. The maximum absolute atomic E-state index is 13.5. The number of aryl methyl sites for hydroxylation is 1. The summed E-state index contributed by atoms with van der Waals surface area (Å²) >= 11 is 0. The number of nitrogens with zero attached hydrogens (tertiary/aromatic N) is 2. The molecule has 0 heterocycles. The topological polar surface area (TPSA) is 86.8 Å². The predicted octanol–water partition coefficient (Wildman–Crippen LogP) is 3.48. The first kappa shape index (κ1) is 26.4. The smallest absolute Gasteiger partial charge is 0.244 e. The Bertz CT molecular complexity index is 1020. The van der Waals surface area contributed by atoms with Gasteiger partial charge >= 0.3 is 0 Å². The average Bonchev–Trinajstić information content (AvgIpc) is 2.77. The lowest BCUT2D eigenvalue weighted by atomic mass is 10.1. The normalized spacial score (nSPS) is 13.1. The van der Waals surface area contributed by atoms with Crippen LogP contribution in [0.25, 0.3) is 0 Å². The number of sulfonamides is 1. The molecule has 0 aromatic heterocycles. The summed E-state index contributed by atoms with van der Waals surface area (Å²) in [6.45, 7) is 7.46. The van der Waals surface area contributed by atoms with Gasteiger partial charge in [-0.15, -0.1) is 0 Å². The van der Waals surface area contributed by atoms with Crippen molar-refractivity contribution in [3.63, 3.8) is 0 Å². The van der Waals surface area contributed by atoms with Gasteiger partial charge in [0.2, 0.25) is 21.8 Å². The van der Waals surface area contributed by atoms with Crippen LogP contribution in [0.15, 0.2) is 54.6 Å². The molecule has 180 valence electrons. The highest BCUT2D eigenvalue weighted by atomic mass is 32.2. The third-order valence-electron chi connectivity index (χ3n) is 5.58. The molecule has 7 nitrogen and oxygen atoms in total. The van der Waals surface area contributed by atoms with Gasteiger partial charge in [-0.1, -0.05) is 61.9 Å². The lowest BCUT2D eigenvalue weighted by molar-refractivity contribution is -0.140. The van der Waals surface area contributed by atoms with E-state index in [0.717, 1.165) is 28.1 Å². The lowest BCUT2D eigenvalue weighted by Crippen LogP contribution is -2.53. The number of hydrogen-bond acceptors (Lipinski definition) is 4. The quantitative estimate of drug-likeness (QED) is 0.541. The highest BCUT2D eigenvalue weighted by Crippen LogP contribution is 2.20. The second kappa shape index (κ2) is 11.8. The number of benzene rings is 2. The van der Waals surface area contributed by atoms with E-state index in [1.807, 2.05) is 58.0 Å². The minimum Gasteiger partial charge on any atom is -0.352 e. The Balaban J connectivity index is 2.39. The van der Waals surface area contributed by atoms with Crippen molar-refractivity contribution in [3.05, 3.63) is 65.7 Å². The van der Waals surface area contributed by atoms with Gasteiger partial charge in [0.1, 0.15) is 12.6 Å². The molecule has 0 aliphatic heterocycles. The highest BCUT2D eigenvalue weighted by Gasteiger charge is 2.32. The second-order valence-corrected chi connectivity index (χ2v) is 10.3. The molecular formula is C25H35N3O4S. The maximum atomic E-state index is 13.5. The van der Waals surface area contributed by atoms with Crippen molar-refractivity contribution in [2.45, 2.75) is 59.2 Å². The molecule has 0 saturated carbocycles. The van der Waals surface area contributed by atoms with E-state index in [4.69, 9.17) is 0 Å². The van der Waals surface area contributed by atoms with Gasteiger partial charge in [-0.3, -0.25) is 13.9 Å². The van der Waals surface area contributed by atoms with Gasteiger partial charge in [0.15, 0.2) is 0 Å². The summed E-state index contributed by atoms with van der Waals surface area (Å²) in [5, 5.41) is 2.96. The minimum atomic E-state index is -3.72. The Kier molecular flexibility index (Phi) is 9.46. The zero-order valence-electron chi connectivity index (χ0n) is 20.1. The van der Waals surface area contributed by atoms with E-state index < -0.39 is 22.0 Å². The van der Waals surface area contributed by atoms with Crippen molar-refractivity contribution < 1.29 is 18.0 Å². The van der Waals surface area contributed by atoms with Crippen LogP contribution in [0.1, 0.15) is 44.7 Å². The summed E-state index contributed by atoms with van der Waals surface area (Å²) in [4.78, 5) is 28.1. The monoisotopic (exact) mass is 473 g/mol. The number of nitrogens with one attached hydrogen (secondary N) is 1.